The van der Waals surface area contributed by atoms with E-state index in [2.05, 4.69) is 19.2 Å². The minimum atomic E-state index is -0.111. The smallest absolute Gasteiger partial charge is 0.251 e. The highest BCUT2D eigenvalue weighted by atomic mass is 16.6. The molecule has 3 aromatic rings. The van der Waals surface area contributed by atoms with Crippen LogP contribution < -0.4 is 14.8 Å². The summed E-state index contributed by atoms with van der Waals surface area (Å²) in [6, 6.07) is 19.6. The molecule has 0 fully saturated rings. The summed E-state index contributed by atoms with van der Waals surface area (Å²) < 4.78 is 11.3. The van der Waals surface area contributed by atoms with Gasteiger partial charge in [0.2, 0.25) is 0 Å². The number of benzene rings is 3. The molecule has 0 saturated heterocycles. The van der Waals surface area contributed by atoms with E-state index in [0.29, 0.717) is 18.8 Å². The lowest BCUT2D eigenvalue weighted by Crippen LogP contribution is -2.31. The van der Waals surface area contributed by atoms with Gasteiger partial charge in [0.1, 0.15) is 13.2 Å². The Labute approximate surface area is 159 Å². The summed E-state index contributed by atoms with van der Waals surface area (Å²) in [6.45, 7) is 5.31. The van der Waals surface area contributed by atoms with Gasteiger partial charge in [0.15, 0.2) is 11.5 Å². The molecule has 138 valence electrons. The van der Waals surface area contributed by atoms with Gasteiger partial charge in [-0.3, -0.25) is 4.79 Å². The average molecular weight is 361 g/mol. The number of hydrogen-bond acceptors (Lipinski definition) is 3. The van der Waals surface area contributed by atoms with E-state index < -0.39 is 0 Å². The van der Waals surface area contributed by atoms with E-state index >= 15 is 0 Å². The molecule has 0 spiro atoms. The van der Waals surface area contributed by atoms with Crippen molar-refractivity contribution in [3.05, 3.63) is 71.8 Å². The van der Waals surface area contributed by atoms with Gasteiger partial charge in [-0.2, -0.15) is 0 Å². The molecule has 0 bridgehead atoms. The van der Waals surface area contributed by atoms with Crippen LogP contribution in [0.2, 0.25) is 0 Å². The van der Waals surface area contributed by atoms with Crippen molar-refractivity contribution < 1.29 is 14.3 Å². The topological polar surface area (TPSA) is 47.6 Å². The summed E-state index contributed by atoms with van der Waals surface area (Å²) in [5.41, 5.74) is 1.68. The van der Waals surface area contributed by atoms with Crippen LogP contribution in [0.25, 0.3) is 10.8 Å². The Hall–Kier alpha value is -3.01. The number of hydrogen-bond donors (Lipinski definition) is 1. The van der Waals surface area contributed by atoms with Crippen molar-refractivity contribution in [3.63, 3.8) is 0 Å². The van der Waals surface area contributed by atoms with Crippen LogP contribution in [0.3, 0.4) is 0 Å². The van der Waals surface area contributed by atoms with Gasteiger partial charge in [-0.05, 0) is 46.5 Å². The molecule has 27 heavy (non-hydrogen) atoms. The minimum Gasteiger partial charge on any atom is -0.486 e. The van der Waals surface area contributed by atoms with Gasteiger partial charge in [-0.15, -0.1) is 0 Å². The monoisotopic (exact) mass is 361 g/mol. The molecule has 1 amide bonds. The van der Waals surface area contributed by atoms with Crippen LogP contribution in [-0.4, -0.2) is 19.1 Å². The molecule has 0 unspecified atom stereocenters. The number of carbonyl (C=O) groups excluding carboxylic acids is 1. The number of fused-ring (bicyclic) bond motifs is 2. The van der Waals surface area contributed by atoms with Crippen molar-refractivity contribution in [2.45, 2.75) is 19.9 Å². The van der Waals surface area contributed by atoms with Gasteiger partial charge >= 0.3 is 0 Å². The van der Waals surface area contributed by atoms with Crippen LogP contribution in [0.5, 0.6) is 11.5 Å². The molecular weight excluding hydrogens is 338 g/mol. The first-order valence-corrected chi connectivity index (χ1v) is 9.31. The maximum absolute atomic E-state index is 12.9. The quantitative estimate of drug-likeness (QED) is 0.730. The Bertz CT molecular complexity index is 980. The largest absolute Gasteiger partial charge is 0.486 e. The van der Waals surface area contributed by atoms with E-state index in [1.165, 1.54) is 0 Å². The van der Waals surface area contributed by atoms with E-state index in [1.54, 1.807) is 0 Å². The summed E-state index contributed by atoms with van der Waals surface area (Å²) in [6.07, 6.45) is 0. The number of carbonyl (C=O) groups is 1. The van der Waals surface area contributed by atoms with Crippen molar-refractivity contribution >= 4 is 16.7 Å². The molecule has 1 heterocycles. The molecule has 0 saturated carbocycles. The normalized spacial score (nSPS) is 14.2. The second kappa shape index (κ2) is 7.31. The first-order chi connectivity index (χ1) is 13.1. The second-order valence-electron chi connectivity index (χ2n) is 7.16. The molecule has 1 atom stereocenters. The summed E-state index contributed by atoms with van der Waals surface area (Å²) in [7, 11) is 0. The van der Waals surface area contributed by atoms with Gasteiger partial charge in [-0.1, -0.05) is 50.2 Å². The molecule has 0 aromatic heterocycles. The third-order valence-electron chi connectivity index (χ3n) is 4.89. The highest BCUT2D eigenvalue weighted by Crippen LogP contribution is 2.34. The number of ether oxygens (including phenoxy) is 2. The van der Waals surface area contributed by atoms with Crippen LogP contribution in [0.4, 0.5) is 0 Å². The van der Waals surface area contributed by atoms with E-state index in [0.717, 1.165) is 27.8 Å². The number of amides is 1. The Kier molecular flexibility index (Phi) is 4.71. The SMILES string of the molecule is CC(C)[C@@H](NC(=O)c1ccc2ccccc2c1)c1ccc2c(c1)OCCO2. The fraction of sp³-hybridized carbons (Fsp3) is 0.261. The van der Waals surface area contributed by atoms with Crippen molar-refractivity contribution in [2.24, 2.45) is 5.92 Å². The molecule has 0 radical (unpaired) electrons. The molecule has 1 aliphatic rings. The average Bonchev–Trinajstić information content (AvgIpc) is 2.71. The van der Waals surface area contributed by atoms with Crippen molar-refractivity contribution in [3.8, 4) is 11.5 Å². The highest BCUT2D eigenvalue weighted by molar-refractivity contribution is 5.98. The van der Waals surface area contributed by atoms with Gasteiger partial charge in [0.25, 0.3) is 5.91 Å². The van der Waals surface area contributed by atoms with Crippen molar-refractivity contribution in [2.75, 3.05) is 13.2 Å². The summed E-state index contributed by atoms with van der Waals surface area (Å²) in [4.78, 5) is 12.9. The van der Waals surface area contributed by atoms with Crippen molar-refractivity contribution in [1.82, 2.24) is 5.32 Å². The molecular formula is C23H23NO3. The lowest BCUT2D eigenvalue weighted by molar-refractivity contribution is 0.0925. The fourth-order valence-corrected chi connectivity index (χ4v) is 3.44. The van der Waals surface area contributed by atoms with E-state index in [1.807, 2.05) is 60.7 Å². The third-order valence-corrected chi connectivity index (χ3v) is 4.89. The lowest BCUT2D eigenvalue weighted by atomic mass is 9.95. The van der Waals surface area contributed by atoms with Crippen LogP contribution in [0.1, 0.15) is 35.8 Å². The predicted molar refractivity (Wildman–Crippen MR) is 106 cm³/mol. The second-order valence-corrected chi connectivity index (χ2v) is 7.16. The third kappa shape index (κ3) is 3.61. The van der Waals surface area contributed by atoms with Gasteiger partial charge in [0, 0.05) is 5.56 Å². The Morgan fingerprint density at radius 2 is 1.63 bits per heavy atom. The number of rotatable bonds is 4. The molecule has 4 rings (SSSR count). The van der Waals surface area contributed by atoms with Gasteiger partial charge in [-0.25, -0.2) is 0 Å². The standard InChI is InChI=1S/C23H23NO3/c1-15(2)22(18-9-10-20-21(14-18)27-12-11-26-20)24-23(25)19-8-7-16-5-3-4-6-17(16)13-19/h3-10,13-15,22H,11-12H2,1-2H3,(H,24,25)/t22-/m1/s1. The maximum atomic E-state index is 12.9. The van der Waals surface area contributed by atoms with Crippen LogP contribution in [-0.2, 0) is 0 Å². The molecule has 4 heteroatoms. The zero-order chi connectivity index (χ0) is 18.8. The Balaban J connectivity index is 1.59. The van der Waals surface area contributed by atoms with Gasteiger partial charge in [0.05, 0.1) is 6.04 Å². The minimum absolute atomic E-state index is 0.0747. The summed E-state index contributed by atoms with van der Waals surface area (Å²) in [5, 5.41) is 5.37. The Morgan fingerprint density at radius 3 is 2.41 bits per heavy atom. The summed E-state index contributed by atoms with van der Waals surface area (Å²) in [5.74, 6) is 1.66. The molecule has 1 N–H and O–H groups in total. The Morgan fingerprint density at radius 1 is 0.889 bits per heavy atom. The molecule has 4 nitrogen and oxygen atoms in total. The van der Waals surface area contributed by atoms with Crippen LogP contribution in [0, 0.1) is 5.92 Å². The van der Waals surface area contributed by atoms with E-state index in [-0.39, 0.29) is 17.9 Å². The fourth-order valence-electron chi connectivity index (χ4n) is 3.44. The first-order valence-electron chi connectivity index (χ1n) is 9.31. The zero-order valence-corrected chi connectivity index (χ0v) is 15.6. The van der Waals surface area contributed by atoms with Crippen LogP contribution >= 0.6 is 0 Å². The van der Waals surface area contributed by atoms with E-state index in [9.17, 15) is 4.79 Å². The van der Waals surface area contributed by atoms with Crippen molar-refractivity contribution in [1.29, 1.82) is 0 Å². The van der Waals surface area contributed by atoms with Crippen LogP contribution in [0.15, 0.2) is 60.7 Å². The lowest BCUT2D eigenvalue weighted by Gasteiger charge is -2.25. The molecule has 0 aliphatic carbocycles. The summed E-state index contributed by atoms with van der Waals surface area (Å²) >= 11 is 0. The van der Waals surface area contributed by atoms with E-state index in [4.69, 9.17) is 9.47 Å². The number of nitrogens with one attached hydrogen (secondary N) is 1. The molecule has 1 aliphatic heterocycles. The van der Waals surface area contributed by atoms with Gasteiger partial charge < -0.3 is 14.8 Å². The first kappa shape index (κ1) is 17.4. The zero-order valence-electron chi connectivity index (χ0n) is 15.6. The highest BCUT2D eigenvalue weighted by Gasteiger charge is 2.22. The molecule has 3 aromatic carbocycles. The maximum Gasteiger partial charge on any atom is 0.251 e. The predicted octanol–water partition coefficient (Wildman–Crippen LogP) is 4.74.